The minimum absolute atomic E-state index is 0.0642. The molecule has 2 N–H and O–H groups in total. The number of rotatable bonds is 6. The van der Waals surface area contributed by atoms with Crippen LogP contribution < -0.4 is 5.32 Å². The van der Waals surface area contributed by atoms with E-state index >= 15 is 0 Å². The molecule has 1 aliphatic heterocycles. The quantitative estimate of drug-likeness (QED) is 0.379. The van der Waals surface area contributed by atoms with Crippen LogP contribution in [0.5, 0.6) is 0 Å². The van der Waals surface area contributed by atoms with E-state index in [4.69, 9.17) is 11.6 Å². The summed E-state index contributed by atoms with van der Waals surface area (Å²) in [6.45, 7) is 2.11. The number of nitrogens with one attached hydrogen (secondary N) is 1. The van der Waals surface area contributed by atoms with Crippen molar-refractivity contribution in [2.45, 2.75) is 70.1 Å². The highest BCUT2D eigenvalue weighted by Gasteiger charge is 2.48. The molecule has 40 heavy (non-hydrogen) atoms. The van der Waals surface area contributed by atoms with Crippen LogP contribution in [0.4, 0.5) is 13.2 Å². The third-order valence-electron chi connectivity index (χ3n) is 8.43. The normalized spacial score (nSPS) is 25.8. The van der Waals surface area contributed by atoms with Gasteiger partial charge in [-0.3, -0.25) is 4.79 Å². The van der Waals surface area contributed by atoms with Crippen molar-refractivity contribution in [2.75, 3.05) is 0 Å². The number of carboxylic acids is 1. The molecule has 0 saturated heterocycles. The summed E-state index contributed by atoms with van der Waals surface area (Å²) in [5.41, 5.74) is 0.790. The first-order valence-corrected chi connectivity index (χ1v) is 14.0. The summed E-state index contributed by atoms with van der Waals surface area (Å²) in [5, 5.41) is 12.6. The number of amides is 1. The number of aliphatic carboxylic acids is 1. The van der Waals surface area contributed by atoms with Crippen LogP contribution in [0.3, 0.4) is 0 Å². The first kappa shape index (κ1) is 28.3. The van der Waals surface area contributed by atoms with Gasteiger partial charge in [-0.2, -0.15) is 13.2 Å². The van der Waals surface area contributed by atoms with Crippen molar-refractivity contribution in [2.24, 2.45) is 11.3 Å². The average molecular weight is 573 g/mol. The number of allylic oxidation sites excluding steroid dienone is 4. The van der Waals surface area contributed by atoms with Gasteiger partial charge in [0.05, 0.1) is 17.2 Å². The first-order chi connectivity index (χ1) is 19.0. The van der Waals surface area contributed by atoms with Gasteiger partial charge >= 0.3 is 12.1 Å². The average Bonchev–Trinajstić information content (AvgIpc) is 3.22. The van der Waals surface area contributed by atoms with Crippen LogP contribution in [0.1, 0.15) is 57.4 Å². The van der Waals surface area contributed by atoms with Gasteiger partial charge in [-0.25, -0.2) is 4.79 Å². The largest absolute Gasteiger partial charge is 0.478 e. The second-order valence-electron chi connectivity index (χ2n) is 11.2. The van der Waals surface area contributed by atoms with Gasteiger partial charge in [-0.1, -0.05) is 68.1 Å². The fourth-order valence-electron chi connectivity index (χ4n) is 6.41. The third-order valence-corrected chi connectivity index (χ3v) is 8.68. The topological polar surface area (TPSA) is 69.6 Å². The highest BCUT2D eigenvalue weighted by atomic mass is 35.5. The van der Waals surface area contributed by atoms with Crippen LogP contribution >= 0.6 is 11.6 Å². The minimum Gasteiger partial charge on any atom is -0.478 e. The van der Waals surface area contributed by atoms with Crippen molar-refractivity contribution in [3.63, 3.8) is 0 Å². The Bertz CT molecular complexity index is 1340. The zero-order valence-corrected chi connectivity index (χ0v) is 22.9. The van der Waals surface area contributed by atoms with Crippen LogP contribution in [0.15, 0.2) is 77.6 Å². The molecule has 0 bridgehead atoms. The van der Waals surface area contributed by atoms with Crippen LogP contribution in [-0.4, -0.2) is 40.1 Å². The van der Waals surface area contributed by atoms with Crippen molar-refractivity contribution in [1.82, 2.24) is 10.2 Å². The zero-order chi connectivity index (χ0) is 28.7. The van der Waals surface area contributed by atoms with E-state index in [0.29, 0.717) is 11.1 Å². The lowest BCUT2D eigenvalue weighted by molar-refractivity contribution is -0.132. The molecular weight excluding hydrogens is 541 g/mol. The van der Waals surface area contributed by atoms with Crippen LogP contribution in [-0.2, 0) is 9.59 Å². The number of benzene rings is 1. The van der Waals surface area contributed by atoms with E-state index in [9.17, 15) is 27.9 Å². The maximum Gasteiger partial charge on any atom is 0.414 e. The Morgan fingerprint density at radius 3 is 2.50 bits per heavy atom. The van der Waals surface area contributed by atoms with Crippen molar-refractivity contribution in [1.29, 1.82) is 0 Å². The van der Waals surface area contributed by atoms with E-state index in [1.165, 1.54) is 6.08 Å². The smallest absolute Gasteiger partial charge is 0.414 e. The SMILES string of the molecule is CC12C=C(c3ccc(Cl)cc3)N([C@H](C(=O)NC3CC=C(C(=O)O)C=C3C(F)(F)F)C3CCCCC3)C1=CC=CC2. The first-order valence-electron chi connectivity index (χ1n) is 13.7. The summed E-state index contributed by atoms with van der Waals surface area (Å²) < 4.78 is 42.1. The van der Waals surface area contributed by atoms with Crippen molar-refractivity contribution < 1.29 is 27.9 Å². The fraction of sp³-hybridized carbons (Fsp3) is 0.419. The molecule has 1 aromatic carbocycles. The molecule has 4 aliphatic rings. The molecule has 1 aromatic rings. The van der Waals surface area contributed by atoms with E-state index in [1.807, 2.05) is 29.2 Å². The number of carbonyl (C=O) groups is 2. The molecule has 3 aliphatic carbocycles. The number of hydrogen-bond acceptors (Lipinski definition) is 3. The second kappa shape index (κ2) is 11.0. The third kappa shape index (κ3) is 5.51. The number of hydrogen-bond donors (Lipinski definition) is 2. The molecule has 3 atom stereocenters. The van der Waals surface area contributed by atoms with Crippen LogP contribution in [0.25, 0.3) is 5.70 Å². The van der Waals surface area contributed by atoms with Crippen LogP contribution in [0.2, 0.25) is 5.02 Å². The summed E-state index contributed by atoms with van der Waals surface area (Å²) in [6, 6.07) is 5.26. The molecule has 5 nitrogen and oxygen atoms in total. The molecule has 9 heteroatoms. The molecule has 1 amide bonds. The maximum atomic E-state index is 14.2. The van der Waals surface area contributed by atoms with Gasteiger partial charge in [0.2, 0.25) is 5.91 Å². The Morgan fingerprint density at radius 2 is 1.85 bits per heavy atom. The molecule has 0 radical (unpaired) electrons. The van der Waals surface area contributed by atoms with E-state index in [-0.39, 0.29) is 17.8 Å². The Kier molecular flexibility index (Phi) is 7.75. The lowest BCUT2D eigenvalue weighted by Crippen LogP contribution is -2.54. The molecule has 1 heterocycles. The number of halogens is 4. The molecule has 1 saturated carbocycles. The minimum atomic E-state index is -4.79. The van der Waals surface area contributed by atoms with E-state index in [2.05, 4.69) is 24.4 Å². The second-order valence-corrected chi connectivity index (χ2v) is 11.6. The summed E-state index contributed by atoms with van der Waals surface area (Å²) in [5.74, 6) is -1.98. The number of carbonyl (C=O) groups excluding carboxylic acids is 1. The Hall–Kier alpha value is -3.26. The number of carboxylic acid groups (broad SMARTS) is 1. The van der Waals surface area contributed by atoms with Crippen molar-refractivity contribution >= 4 is 29.2 Å². The lowest BCUT2D eigenvalue weighted by atomic mass is 9.79. The molecule has 0 spiro atoms. The number of alkyl halides is 3. The molecule has 2 unspecified atom stereocenters. The predicted molar refractivity (Wildman–Crippen MR) is 148 cm³/mol. The van der Waals surface area contributed by atoms with Gasteiger partial charge in [-0.05, 0) is 67.5 Å². The summed E-state index contributed by atoms with van der Waals surface area (Å²) in [6.07, 6.45) is 10.3. The fourth-order valence-corrected chi connectivity index (χ4v) is 6.54. The number of nitrogens with zero attached hydrogens (tertiary/aromatic N) is 1. The van der Waals surface area contributed by atoms with Gasteiger partial charge in [-0.15, -0.1) is 0 Å². The van der Waals surface area contributed by atoms with E-state index in [1.54, 1.807) is 12.1 Å². The standard InChI is InChI=1S/C31H32ClF3N2O3/c1-30-16-6-5-9-26(30)37(25(18-30)19-10-13-22(32)14-11-19)27(20-7-3-2-4-8-20)28(38)36-24-15-12-21(29(39)40)17-23(24)31(33,34)35/h5-6,9-14,17-18,20,24,27H,2-4,7-8,15-16H2,1H3,(H,36,38)(H,39,40)/t24?,27-,30?/m0/s1. The van der Waals surface area contributed by atoms with Gasteiger partial charge in [0, 0.05) is 21.8 Å². The Labute approximate surface area is 236 Å². The van der Waals surface area contributed by atoms with Gasteiger partial charge < -0.3 is 15.3 Å². The van der Waals surface area contributed by atoms with Gasteiger partial charge in [0.15, 0.2) is 0 Å². The molecule has 1 fully saturated rings. The Balaban J connectivity index is 1.55. The maximum absolute atomic E-state index is 14.2. The monoisotopic (exact) mass is 572 g/mol. The molecule has 0 aromatic heterocycles. The highest BCUT2D eigenvalue weighted by Crippen LogP contribution is 2.51. The summed E-state index contributed by atoms with van der Waals surface area (Å²) in [7, 11) is 0. The van der Waals surface area contributed by atoms with E-state index in [0.717, 1.165) is 55.5 Å². The molecule has 5 rings (SSSR count). The Morgan fingerprint density at radius 1 is 1.15 bits per heavy atom. The predicted octanol–water partition coefficient (Wildman–Crippen LogP) is 7.18. The molecule has 212 valence electrons. The zero-order valence-electron chi connectivity index (χ0n) is 22.2. The van der Waals surface area contributed by atoms with Gasteiger partial charge in [0.1, 0.15) is 6.04 Å². The number of fused-ring (bicyclic) bond motifs is 1. The van der Waals surface area contributed by atoms with E-state index < -0.39 is 41.3 Å². The van der Waals surface area contributed by atoms with Crippen molar-refractivity contribution in [3.05, 3.63) is 88.2 Å². The lowest BCUT2D eigenvalue weighted by Gasteiger charge is -2.42. The molecular formula is C31H32ClF3N2O3. The summed E-state index contributed by atoms with van der Waals surface area (Å²) >= 11 is 6.17. The van der Waals surface area contributed by atoms with Crippen molar-refractivity contribution in [3.8, 4) is 0 Å². The van der Waals surface area contributed by atoms with Gasteiger partial charge in [0.25, 0.3) is 0 Å². The summed E-state index contributed by atoms with van der Waals surface area (Å²) in [4.78, 5) is 27.7. The van der Waals surface area contributed by atoms with Crippen LogP contribution in [0, 0.1) is 11.3 Å². The highest BCUT2D eigenvalue weighted by molar-refractivity contribution is 6.30.